The minimum atomic E-state index is 0.459. The molecule has 0 atom stereocenters. The number of aromatic nitrogens is 4. The van der Waals surface area contributed by atoms with Crippen LogP contribution >= 0.6 is 0 Å². The predicted octanol–water partition coefficient (Wildman–Crippen LogP) is 4.94. The van der Waals surface area contributed by atoms with Gasteiger partial charge in [-0.15, -0.1) is 10.2 Å². The topological polar surface area (TPSA) is 43.6 Å². The van der Waals surface area contributed by atoms with Crippen molar-refractivity contribution in [1.29, 1.82) is 0 Å². The van der Waals surface area contributed by atoms with Gasteiger partial charge in [-0.2, -0.15) is 4.80 Å². The van der Waals surface area contributed by atoms with E-state index < -0.39 is 0 Å². The molecule has 4 heteroatoms. The summed E-state index contributed by atoms with van der Waals surface area (Å²) in [6.45, 7) is 4.52. The molecule has 0 aliphatic rings. The molecule has 0 saturated heterocycles. The first-order chi connectivity index (χ1) is 9.88. The van der Waals surface area contributed by atoms with Crippen molar-refractivity contribution in [2.75, 3.05) is 0 Å². The maximum absolute atomic E-state index is 4.24. The Morgan fingerprint density at radius 3 is 1.80 bits per heavy atom. The molecular formula is C16H32N4. The van der Waals surface area contributed by atoms with E-state index in [4.69, 9.17) is 0 Å². The van der Waals surface area contributed by atoms with Gasteiger partial charge in [-0.25, -0.2) is 0 Å². The first kappa shape index (κ1) is 17.1. The highest BCUT2D eigenvalue weighted by Crippen LogP contribution is 2.21. The molecule has 0 aromatic carbocycles. The van der Waals surface area contributed by atoms with Gasteiger partial charge in [-0.1, -0.05) is 78.1 Å². The summed E-state index contributed by atoms with van der Waals surface area (Å²) in [7, 11) is 0. The van der Waals surface area contributed by atoms with E-state index in [1.807, 2.05) is 4.80 Å². The lowest BCUT2D eigenvalue weighted by atomic mass is 10.0. The van der Waals surface area contributed by atoms with Crippen LogP contribution in [0.15, 0.2) is 6.33 Å². The van der Waals surface area contributed by atoms with Crippen molar-refractivity contribution < 1.29 is 0 Å². The second kappa shape index (κ2) is 11.9. The zero-order valence-corrected chi connectivity index (χ0v) is 13.4. The normalized spacial score (nSPS) is 11.3. The third kappa shape index (κ3) is 7.61. The summed E-state index contributed by atoms with van der Waals surface area (Å²) in [6.07, 6.45) is 17.3. The van der Waals surface area contributed by atoms with Crippen molar-refractivity contribution in [3.63, 3.8) is 0 Å². The van der Waals surface area contributed by atoms with Gasteiger partial charge in [0.25, 0.3) is 0 Å². The Bertz CT molecular complexity index is 283. The van der Waals surface area contributed by atoms with E-state index in [1.54, 1.807) is 6.33 Å². The molecule has 0 N–H and O–H groups in total. The third-order valence-electron chi connectivity index (χ3n) is 3.97. The Hall–Kier alpha value is -0.930. The lowest BCUT2D eigenvalue weighted by Gasteiger charge is -2.15. The van der Waals surface area contributed by atoms with Crippen LogP contribution < -0.4 is 0 Å². The second-order valence-electron chi connectivity index (χ2n) is 5.82. The van der Waals surface area contributed by atoms with Gasteiger partial charge in [0.1, 0.15) is 0 Å². The van der Waals surface area contributed by atoms with E-state index in [0.29, 0.717) is 6.04 Å². The maximum Gasteiger partial charge on any atom is 0.162 e. The van der Waals surface area contributed by atoms with E-state index in [2.05, 4.69) is 29.3 Å². The maximum atomic E-state index is 4.24. The monoisotopic (exact) mass is 280 g/mol. The van der Waals surface area contributed by atoms with E-state index in [0.717, 1.165) is 0 Å². The summed E-state index contributed by atoms with van der Waals surface area (Å²) >= 11 is 0. The zero-order valence-electron chi connectivity index (χ0n) is 13.4. The molecule has 1 rings (SSSR count). The van der Waals surface area contributed by atoms with Crippen molar-refractivity contribution in [3.05, 3.63) is 6.33 Å². The Morgan fingerprint density at radius 2 is 1.35 bits per heavy atom. The first-order valence-electron chi connectivity index (χ1n) is 8.61. The van der Waals surface area contributed by atoms with Gasteiger partial charge in [-0.05, 0) is 18.1 Å². The summed E-state index contributed by atoms with van der Waals surface area (Å²) in [5.41, 5.74) is 0. The summed E-state index contributed by atoms with van der Waals surface area (Å²) in [5.74, 6) is 0. The number of tetrazole rings is 1. The van der Waals surface area contributed by atoms with Crippen LogP contribution in [0.3, 0.4) is 0 Å². The fraction of sp³-hybridized carbons (Fsp3) is 0.938. The van der Waals surface area contributed by atoms with Crippen LogP contribution in [0.1, 0.15) is 96.9 Å². The summed E-state index contributed by atoms with van der Waals surface area (Å²) < 4.78 is 0. The van der Waals surface area contributed by atoms with Gasteiger partial charge in [-0.3, -0.25) is 0 Å². The van der Waals surface area contributed by atoms with Gasteiger partial charge in [0.15, 0.2) is 6.33 Å². The minimum absolute atomic E-state index is 0.459. The Balaban J connectivity index is 2.22. The number of unbranched alkanes of at least 4 members (excludes halogenated alkanes) is 8. The molecule has 0 spiro atoms. The summed E-state index contributed by atoms with van der Waals surface area (Å²) in [5, 5.41) is 12.2. The first-order valence-corrected chi connectivity index (χ1v) is 8.61. The standard InChI is InChI=1S/C16H32N4/c1-3-5-7-9-11-13-16(20-18-15-17-19-20)14-12-10-8-6-4-2/h15-16H,3-14H2,1-2H3. The van der Waals surface area contributed by atoms with Gasteiger partial charge >= 0.3 is 0 Å². The molecule has 0 bridgehead atoms. The van der Waals surface area contributed by atoms with Crippen LogP contribution in [-0.2, 0) is 0 Å². The molecule has 0 aliphatic carbocycles. The molecule has 20 heavy (non-hydrogen) atoms. The number of hydrogen-bond donors (Lipinski definition) is 0. The molecule has 0 saturated carbocycles. The molecule has 4 nitrogen and oxygen atoms in total. The van der Waals surface area contributed by atoms with Crippen LogP contribution in [0.5, 0.6) is 0 Å². The molecule has 0 aliphatic heterocycles. The van der Waals surface area contributed by atoms with Crippen molar-refractivity contribution in [2.45, 2.75) is 96.9 Å². The SMILES string of the molecule is CCCCCCCC(CCCCCCC)n1ncnn1. The lowest BCUT2D eigenvalue weighted by molar-refractivity contribution is 0.329. The largest absolute Gasteiger partial charge is 0.162 e. The number of nitrogens with zero attached hydrogens (tertiary/aromatic N) is 4. The van der Waals surface area contributed by atoms with Crippen molar-refractivity contribution in [3.8, 4) is 0 Å². The van der Waals surface area contributed by atoms with Gasteiger partial charge in [0.2, 0.25) is 0 Å². The molecule has 1 aromatic rings. The van der Waals surface area contributed by atoms with E-state index in [1.165, 1.54) is 77.0 Å². The smallest absolute Gasteiger partial charge is 0.161 e. The number of hydrogen-bond acceptors (Lipinski definition) is 3. The zero-order chi connectivity index (χ0) is 14.5. The predicted molar refractivity (Wildman–Crippen MR) is 83.6 cm³/mol. The van der Waals surface area contributed by atoms with Crippen LogP contribution in [0.2, 0.25) is 0 Å². The highest BCUT2D eigenvalue weighted by molar-refractivity contribution is 4.63. The van der Waals surface area contributed by atoms with E-state index in [-0.39, 0.29) is 0 Å². The molecule has 116 valence electrons. The fourth-order valence-corrected chi connectivity index (χ4v) is 2.68. The van der Waals surface area contributed by atoms with Gasteiger partial charge in [0, 0.05) is 0 Å². The molecule has 0 radical (unpaired) electrons. The van der Waals surface area contributed by atoms with Crippen LogP contribution in [0.4, 0.5) is 0 Å². The molecule has 0 unspecified atom stereocenters. The summed E-state index contributed by atoms with van der Waals surface area (Å²) in [4.78, 5) is 1.83. The highest BCUT2D eigenvalue weighted by atomic mass is 15.6. The Morgan fingerprint density at radius 1 is 0.800 bits per heavy atom. The lowest BCUT2D eigenvalue weighted by Crippen LogP contribution is -2.13. The van der Waals surface area contributed by atoms with E-state index in [9.17, 15) is 0 Å². The van der Waals surface area contributed by atoms with E-state index >= 15 is 0 Å². The van der Waals surface area contributed by atoms with Gasteiger partial charge < -0.3 is 0 Å². The van der Waals surface area contributed by atoms with Crippen molar-refractivity contribution >= 4 is 0 Å². The van der Waals surface area contributed by atoms with Crippen LogP contribution in [-0.4, -0.2) is 20.2 Å². The molecule has 0 fully saturated rings. The second-order valence-corrected chi connectivity index (χ2v) is 5.82. The molecule has 0 amide bonds. The molecular weight excluding hydrogens is 248 g/mol. The fourth-order valence-electron chi connectivity index (χ4n) is 2.68. The minimum Gasteiger partial charge on any atom is -0.161 e. The van der Waals surface area contributed by atoms with Gasteiger partial charge in [0.05, 0.1) is 6.04 Å². The molecule has 1 heterocycles. The number of rotatable bonds is 13. The summed E-state index contributed by atoms with van der Waals surface area (Å²) in [6, 6.07) is 0.459. The average Bonchev–Trinajstić information content (AvgIpc) is 2.98. The quantitative estimate of drug-likeness (QED) is 0.481. The molecule has 1 aromatic heterocycles. The van der Waals surface area contributed by atoms with Crippen molar-refractivity contribution in [1.82, 2.24) is 20.2 Å². The van der Waals surface area contributed by atoms with Crippen LogP contribution in [0.25, 0.3) is 0 Å². The van der Waals surface area contributed by atoms with Crippen molar-refractivity contribution in [2.24, 2.45) is 0 Å². The highest BCUT2D eigenvalue weighted by Gasteiger charge is 2.12. The Kier molecular flexibility index (Phi) is 10.2. The van der Waals surface area contributed by atoms with Crippen LogP contribution in [0, 0.1) is 0 Å². The third-order valence-corrected chi connectivity index (χ3v) is 3.97. The Labute approximate surface area is 124 Å². The average molecular weight is 280 g/mol.